The van der Waals surface area contributed by atoms with Gasteiger partial charge in [-0.3, -0.25) is 0 Å². The Kier molecular flexibility index (Phi) is 2.34. The largest absolute Gasteiger partial charge is 0.315 e. The van der Waals surface area contributed by atoms with Gasteiger partial charge < -0.3 is 4.57 Å². The standard InChI is InChI=1S/C10H17N3/c1-3-5-9-11-12-10-8(2)6-4-7-13(9)10/h8H,3-7H2,1-2H3. The van der Waals surface area contributed by atoms with Gasteiger partial charge in [-0.2, -0.15) is 0 Å². The normalized spacial score (nSPS) is 21.5. The molecular weight excluding hydrogens is 162 g/mol. The molecule has 0 N–H and O–H groups in total. The molecule has 0 spiro atoms. The van der Waals surface area contributed by atoms with Crippen LogP contribution in [0.4, 0.5) is 0 Å². The number of aromatic nitrogens is 3. The molecule has 1 atom stereocenters. The maximum atomic E-state index is 4.27. The monoisotopic (exact) mass is 179 g/mol. The zero-order valence-corrected chi connectivity index (χ0v) is 8.45. The predicted molar refractivity (Wildman–Crippen MR) is 51.7 cm³/mol. The van der Waals surface area contributed by atoms with Gasteiger partial charge in [-0.1, -0.05) is 13.8 Å². The van der Waals surface area contributed by atoms with E-state index in [-0.39, 0.29) is 0 Å². The highest BCUT2D eigenvalue weighted by molar-refractivity contribution is 5.03. The molecule has 13 heavy (non-hydrogen) atoms. The number of nitrogens with zero attached hydrogens (tertiary/aromatic N) is 3. The van der Waals surface area contributed by atoms with E-state index in [1.807, 2.05) is 0 Å². The Bertz CT molecular complexity index is 290. The maximum Gasteiger partial charge on any atom is 0.135 e. The van der Waals surface area contributed by atoms with Crippen LogP contribution in [0.3, 0.4) is 0 Å². The number of fused-ring (bicyclic) bond motifs is 1. The smallest absolute Gasteiger partial charge is 0.135 e. The van der Waals surface area contributed by atoms with Crippen LogP contribution in [0.25, 0.3) is 0 Å². The van der Waals surface area contributed by atoms with Crippen molar-refractivity contribution < 1.29 is 0 Å². The second-order valence-electron chi connectivity index (χ2n) is 3.92. The lowest BCUT2D eigenvalue weighted by Crippen LogP contribution is -2.16. The van der Waals surface area contributed by atoms with Crippen LogP contribution in [0.1, 0.15) is 50.7 Å². The highest BCUT2D eigenvalue weighted by atomic mass is 15.3. The van der Waals surface area contributed by atoms with Crippen molar-refractivity contribution in [2.75, 3.05) is 0 Å². The molecule has 0 fully saturated rings. The van der Waals surface area contributed by atoms with E-state index in [9.17, 15) is 0 Å². The number of hydrogen-bond donors (Lipinski definition) is 0. The van der Waals surface area contributed by atoms with Gasteiger partial charge in [0, 0.05) is 18.9 Å². The third kappa shape index (κ3) is 1.47. The summed E-state index contributed by atoms with van der Waals surface area (Å²) < 4.78 is 2.32. The lowest BCUT2D eigenvalue weighted by Gasteiger charge is -2.20. The lowest BCUT2D eigenvalue weighted by molar-refractivity contribution is 0.453. The summed E-state index contributed by atoms with van der Waals surface area (Å²) in [7, 11) is 0. The quantitative estimate of drug-likeness (QED) is 0.696. The van der Waals surface area contributed by atoms with Crippen molar-refractivity contribution in [1.29, 1.82) is 0 Å². The van der Waals surface area contributed by atoms with Gasteiger partial charge >= 0.3 is 0 Å². The summed E-state index contributed by atoms with van der Waals surface area (Å²) in [5.41, 5.74) is 0. The second-order valence-corrected chi connectivity index (χ2v) is 3.92. The highest BCUT2D eigenvalue weighted by Crippen LogP contribution is 2.25. The van der Waals surface area contributed by atoms with E-state index in [1.165, 1.54) is 24.5 Å². The minimum atomic E-state index is 0.604. The van der Waals surface area contributed by atoms with Gasteiger partial charge in [-0.05, 0) is 19.3 Å². The highest BCUT2D eigenvalue weighted by Gasteiger charge is 2.20. The number of hydrogen-bond acceptors (Lipinski definition) is 2. The van der Waals surface area contributed by atoms with E-state index in [0.29, 0.717) is 5.92 Å². The molecule has 0 saturated carbocycles. The van der Waals surface area contributed by atoms with Gasteiger partial charge in [0.15, 0.2) is 0 Å². The molecule has 1 aliphatic heterocycles. The lowest BCUT2D eigenvalue weighted by atomic mass is 10.0. The molecule has 0 aromatic carbocycles. The maximum absolute atomic E-state index is 4.27. The summed E-state index contributed by atoms with van der Waals surface area (Å²) in [6.07, 6.45) is 4.78. The summed E-state index contributed by atoms with van der Waals surface area (Å²) in [5.74, 6) is 2.99. The molecule has 3 nitrogen and oxygen atoms in total. The predicted octanol–water partition coefficient (Wildman–Crippen LogP) is 2.13. The molecule has 3 heteroatoms. The SMILES string of the molecule is CCCc1nnc2n1CCCC2C. The fourth-order valence-electron chi connectivity index (χ4n) is 2.05. The Balaban J connectivity index is 2.30. The molecule has 1 aromatic rings. The first-order valence-electron chi connectivity index (χ1n) is 5.25. The van der Waals surface area contributed by atoms with Gasteiger partial charge in [0.05, 0.1) is 0 Å². The third-order valence-electron chi connectivity index (χ3n) is 2.79. The Labute approximate surface area is 79.2 Å². The summed E-state index contributed by atoms with van der Waals surface area (Å²) in [6, 6.07) is 0. The van der Waals surface area contributed by atoms with Gasteiger partial charge in [0.2, 0.25) is 0 Å². The van der Waals surface area contributed by atoms with Crippen molar-refractivity contribution in [3.8, 4) is 0 Å². The molecule has 0 radical (unpaired) electrons. The van der Waals surface area contributed by atoms with Gasteiger partial charge in [-0.15, -0.1) is 10.2 Å². The Morgan fingerprint density at radius 1 is 1.46 bits per heavy atom. The Morgan fingerprint density at radius 2 is 2.31 bits per heavy atom. The molecular formula is C10H17N3. The van der Waals surface area contributed by atoms with Crippen LogP contribution in [0.5, 0.6) is 0 Å². The first kappa shape index (κ1) is 8.73. The fourth-order valence-corrected chi connectivity index (χ4v) is 2.05. The van der Waals surface area contributed by atoms with Crippen molar-refractivity contribution in [3.05, 3.63) is 11.6 Å². The van der Waals surface area contributed by atoms with Crippen molar-refractivity contribution >= 4 is 0 Å². The van der Waals surface area contributed by atoms with Crippen LogP contribution in [-0.4, -0.2) is 14.8 Å². The molecule has 0 bridgehead atoms. The average molecular weight is 179 g/mol. The minimum absolute atomic E-state index is 0.604. The van der Waals surface area contributed by atoms with E-state index in [0.717, 1.165) is 19.4 Å². The topological polar surface area (TPSA) is 30.7 Å². The van der Waals surface area contributed by atoms with Gasteiger partial charge in [-0.25, -0.2) is 0 Å². The van der Waals surface area contributed by atoms with E-state index in [1.54, 1.807) is 0 Å². The van der Waals surface area contributed by atoms with Crippen LogP contribution in [0, 0.1) is 0 Å². The van der Waals surface area contributed by atoms with Crippen molar-refractivity contribution in [2.24, 2.45) is 0 Å². The van der Waals surface area contributed by atoms with Crippen LogP contribution >= 0.6 is 0 Å². The summed E-state index contributed by atoms with van der Waals surface area (Å²) in [6.45, 7) is 5.56. The fraction of sp³-hybridized carbons (Fsp3) is 0.800. The molecule has 0 amide bonds. The van der Waals surface area contributed by atoms with Crippen molar-refractivity contribution in [3.63, 3.8) is 0 Å². The molecule has 0 aliphatic carbocycles. The van der Waals surface area contributed by atoms with Crippen LogP contribution in [0.2, 0.25) is 0 Å². The van der Waals surface area contributed by atoms with Gasteiger partial charge in [0.1, 0.15) is 11.6 Å². The van der Waals surface area contributed by atoms with Crippen molar-refractivity contribution in [1.82, 2.24) is 14.8 Å². The molecule has 2 heterocycles. The number of aryl methyl sites for hydroxylation is 1. The molecule has 1 aromatic heterocycles. The third-order valence-corrected chi connectivity index (χ3v) is 2.79. The Hall–Kier alpha value is -0.860. The molecule has 1 aliphatic rings. The zero-order valence-electron chi connectivity index (χ0n) is 8.45. The zero-order chi connectivity index (χ0) is 9.26. The van der Waals surface area contributed by atoms with E-state index in [4.69, 9.17) is 0 Å². The molecule has 1 unspecified atom stereocenters. The number of rotatable bonds is 2. The summed E-state index contributed by atoms with van der Waals surface area (Å²) in [5, 5.41) is 8.52. The second kappa shape index (κ2) is 3.48. The van der Waals surface area contributed by atoms with Crippen LogP contribution in [0.15, 0.2) is 0 Å². The average Bonchev–Trinajstić information content (AvgIpc) is 2.51. The molecule has 0 saturated heterocycles. The Morgan fingerprint density at radius 3 is 3.08 bits per heavy atom. The van der Waals surface area contributed by atoms with E-state index in [2.05, 4.69) is 28.6 Å². The molecule has 2 rings (SSSR count). The summed E-state index contributed by atoms with van der Waals surface area (Å²) in [4.78, 5) is 0. The van der Waals surface area contributed by atoms with Gasteiger partial charge in [0.25, 0.3) is 0 Å². The first-order chi connectivity index (χ1) is 6.33. The molecule has 72 valence electrons. The van der Waals surface area contributed by atoms with Crippen molar-refractivity contribution in [2.45, 2.75) is 52.0 Å². The van der Waals surface area contributed by atoms with Crippen LogP contribution < -0.4 is 0 Å². The van der Waals surface area contributed by atoms with Crippen LogP contribution in [-0.2, 0) is 13.0 Å². The van der Waals surface area contributed by atoms with E-state index >= 15 is 0 Å². The summed E-state index contributed by atoms with van der Waals surface area (Å²) >= 11 is 0. The first-order valence-corrected chi connectivity index (χ1v) is 5.25. The minimum Gasteiger partial charge on any atom is -0.315 e. The van der Waals surface area contributed by atoms with E-state index < -0.39 is 0 Å².